The Morgan fingerprint density at radius 1 is 1.17 bits per heavy atom. The fourth-order valence-corrected chi connectivity index (χ4v) is 2.99. The summed E-state index contributed by atoms with van der Waals surface area (Å²) in [6.07, 6.45) is 6.91. The van der Waals surface area contributed by atoms with Gasteiger partial charge in [-0.3, -0.25) is 9.97 Å². The molecule has 0 spiro atoms. The smallest absolute Gasteiger partial charge is 0.137 e. The predicted octanol–water partition coefficient (Wildman–Crippen LogP) is 3.36. The molecule has 0 amide bonds. The van der Waals surface area contributed by atoms with Gasteiger partial charge in [0.1, 0.15) is 17.4 Å². The molecule has 0 bridgehead atoms. The second-order valence-corrected chi connectivity index (χ2v) is 8.28. The number of nitrogens with zero attached hydrogens (tertiary/aromatic N) is 2. The molecular weight excluding hydrogens is 310 g/mol. The van der Waals surface area contributed by atoms with E-state index in [4.69, 9.17) is 4.42 Å². The maximum Gasteiger partial charge on any atom is 0.137 e. The molecule has 3 heterocycles. The molecule has 6 heteroatoms. The highest BCUT2D eigenvalue weighted by Gasteiger charge is 2.26. The lowest BCUT2D eigenvalue weighted by molar-refractivity contribution is 0.505. The zero-order chi connectivity index (χ0) is 16.4. The number of nitrogens with one attached hydrogen (secondary N) is 1. The van der Waals surface area contributed by atoms with Crippen LogP contribution in [-0.2, 0) is 11.0 Å². The highest BCUT2D eigenvalue weighted by molar-refractivity contribution is 7.84. The number of hydrogen-bond acceptors (Lipinski definition) is 4. The van der Waals surface area contributed by atoms with E-state index in [-0.39, 0.29) is 10.8 Å². The van der Waals surface area contributed by atoms with E-state index in [2.05, 4.69) is 14.7 Å². The first-order chi connectivity index (χ1) is 10.9. The van der Waals surface area contributed by atoms with Gasteiger partial charge in [0.15, 0.2) is 0 Å². The average molecular weight is 329 g/mol. The average Bonchev–Trinajstić information content (AvgIpc) is 2.95. The summed E-state index contributed by atoms with van der Waals surface area (Å²) in [5.41, 5.74) is 1.66. The van der Waals surface area contributed by atoms with Crippen molar-refractivity contribution in [3.05, 3.63) is 60.4 Å². The van der Waals surface area contributed by atoms with E-state index >= 15 is 0 Å². The highest BCUT2D eigenvalue weighted by Crippen LogP contribution is 2.28. The molecular formula is C17H19N3O2S. The summed E-state index contributed by atoms with van der Waals surface area (Å²) in [6, 6.07) is 7.20. The molecule has 1 N–H and O–H groups in total. The molecule has 3 rings (SSSR count). The largest absolute Gasteiger partial charge is 0.459 e. The van der Waals surface area contributed by atoms with Gasteiger partial charge in [-0.25, -0.2) is 8.93 Å². The van der Waals surface area contributed by atoms with Crippen LogP contribution in [0, 0.1) is 0 Å². The van der Waals surface area contributed by atoms with Gasteiger partial charge in [0, 0.05) is 30.2 Å². The Balaban J connectivity index is 2.02. The van der Waals surface area contributed by atoms with Gasteiger partial charge in [0.2, 0.25) is 0 Å². The minimum Gasteiger partial charge on any atom is -0.459 e. The zero-order valence-corrected chi connectivity index (χ0v) is 14.1. The van der Waals surface area contributed by atoms with Crippen molar-refractivity contribution in [2.75, 3.05) is 0 Å². The Bertz CT molecular complexity index is 791. The number of rotatable bonds is 4. The maximum absolute atomic E-state index is 12.6. The highest BCUT2D eigenvalue weighted by atomic mass is 32.2. The van der Waals surface area contributed by atoms with Gasteiger partial charge in [-0.1, -0.05) is 6.07 Å². The van der Waals surface area contributed by atoms with Gasteiger partial charge in [0.25, 0.3) is 0 Å². The van der Waals surface area contributed by atoms with Crippen LogP contribution < -0.4 is 4.72 Å². The Morgan fingerprint density at radius 3 is 2.61 bits per heavy atom. The van der Waals surface area contributed by atoms with Crippen molar-refractivity contribution in [3.63, 3.8) is 0 Å². The van der Waals surface area contributed by atoms with Crippen LogP contribution in [0.15, 0.2) is 53.5 Å². The van der Waals surface area contributed by atoms with Gasteiger partial charge in [-0.2, -0.15) is 0 Å². The van der Waals surface area contributed by atoms with Crippen molar-refractivity contribution in [2.24, 2.45) is 0 Å². The lowest BCUT2D eigenvalue weighted by Gasteiger charge is -2.23. The molecule has 0 radical (unpaired) electrons. The third kappa shape index (κ3) is 3.48. The van der Waals surface area contributed by atoms with Crippen molar-refractivity contribution in [2.45, 2.75) is 31.6 Å². The molecule has 0 saturated heterocycles. The maximum atomic E-state index is 12.6. The molecule has 120 valence electrons. The van der Waals surface area contributed by atoms with Crippen LogP contribution in [-0.4, -0.2) is 18.9 Å². The first kappa shape index (κ1) is 15.8. The molecule has 0 fully saturated rings. The van der Waals surface area contributed by atoms with Crippen LogP contribution in [0.4, 0.5) is 0 Å². The van der Waals surface area contributed by atoms with E-state index in [0.29, 0.717) is 5.76 Å². The third-order valence-electron chi connectivity index (χ3n) is 3.42. The normalized spacial score (nSPS) is 14.7. The molecule has 0 saturated carbocycles. The molecule has 2 atom stereocenters. The number of furan rings is 1. The lowest BCUT2D eigenvalue weighted by Crippen LogP contribution is -2.36. The Morgan fingerprint density at radius 2 is 1.96 bits per heavy atom. The predicted molar refractivity (Wildman–Crippen MR) is 91.1 cm³/mol. The summed E-state index contributed by atoms with van der Waals surface area (Å²) in [5, 5.41) is 0.916. The summed E-state index contributed by atoms with van der Waals surface area (Å²) < 4.78 is 21.3. The second kappa shape index (κ2) is 6.22. The standard InChI is InChI=1S/C17H19N3O2S/c1-17(2,3)23(21)20-16(12-5-4-7-18-10-12)15-9-13-11-19-8-6-14(13)22-15/h4-11,16,20H,1-3H3. The van der Waals surface area contributed by atoms with Crippen molar-refractivity contribution in [3.8, 4) is 0 Å². The van der Waals surface area contributed by atoms with E-state index in [1.807, 2.05) is 45.0 Å². The molecule has 5 nitrogen and oxygen atoms in total. The summed E-state index contributed by atoms with van der Waals surface area (Å²) in [7, 11) is -1.24. The SMILES string of the molecule is CC(C)(C)S(=O)NC(c1cccnc1)c1cc2cnccc2o1. The number of fused-ring (bicyclic) bond motifs is 1. The Labute approximate surface area is 137 Å². The Hall–Kier alpha value is -2.05. The molecule has 3 aromatic rings. The van der Waals surface area contributed by atoms with Gasteiger partial charge in [-0.15, -0.1) is 0 Å². The van der Waals surface area contributed by atoms with Crippen LogP contribution >= 0.6 is 0 Å². The first-order valence-electron chi connectivity index (χ1n) is 7.36. The van der Waals surface area contributed by atoms with E-state index in [1.165, 1.54) is 0 Å². The van der Waals surface area contributed by atoms with Gasteiger partial charge in [0.05, 0.1) is 15.7 Å². The molecule has 0 aliphatic carbocycles. The molecule has 2 unspecified atom stereocenters. The summed E-state index contributed by atoms with van der Waals surface area (Å²) in [4.78, 5) is 8.27. The molecule has 0 aliphatic rings. The van der Waals surface area contributed by atoms with Crippen molar-refractivity contribution in [1.29, 1.82) is 0 Å². The zero-order valence-electron chi connectivity index (χ0n) is 13.3. The molecule has 0 aliphatic heterocycles. The molecule has 3 aromatic heterocycles. The van der Waals surface area contributed by atoms with Crippen LogP contribution in [0.2, 0.25) is 0 Å². The van der Waals surface area contributed by atoms with Crippen molar-refractivity contribution in [1.82, 2.24) is 14.7 Å². The molecule has 0 aromatic carbocycles. The van der Waals surface area contributed by atoms with Crippen molar-refractivity contribution < 1.29 is 8.63 Å². The summed E-state index contributed by atoms with van der Waals surface area (Å²) in [5.74, 6) is 0.693. The Kier molecular flexibility index (Phi) is 4.28. The molecule has 23 heavy (non-hydrogen) atoms. The van der Waals surface area contributed by atoms with E-state index < -0.39 is 11.0 Å². The van der Waals surface area contributed by atoms with Crippen LogP contribution in [0.25, 0.3) is 11.0 Å². The van der Waals surface area contributed by atoms with E-state index in [0.717, 1.165) is 16.5 Å². The quantitative estimate of drug-likeness (QED) is 0.797. The number of aromatic nitrogens is 2. The third-order valence-corrected chi connectivity index (χ3v) is 4.98. The number of hydrogen-bond donors (Lipinski definition) is 1. The van der Waals surface area contributed by atoms with E-state index in [1.54, 1.807) is 24.8 Å². The topological polar surface area (TPSA) is 68.0 Å². The van der Waals surface area contributed by atoms with Crippen LogP contribution in [0.3, 0.4) is 0 Å². The monoisotopic (exact) mass is 329 g/mol. The van der Waals surface area contributed by atoms with Crippen molar-refractivity contribution >= 4 is 22.0 Å². The fourth-order valence-electron chi connectivity index (χ4n) is 2.17. The van der Waals surface area contributed by atoms with Crippen LogP contribution in [0.5, 0.6) is 0 Å². The first-order valence-corrected chi connectivity index (χ1v) is 8.51. The van der Waals surface area contributed by atoms with Gasteiger partial charge < -0.3 is 4.42 Å². The minimum atomic E-state index is -1.24. The van der Waals surface area contributed by atoms with Gasteiger partial charge in [-0.05, 0) is 44.5 Å². The minimum absolute atomic E-state index is 0.337. The number of pyridine rings is 2. The lowest BCUT2D eigenvalue weighted by atomic mass is 10.1. The van der Waals surface area contributed by atoms with Gasteiger partial charge >= 0.3 is 0 Å². The summed E-state index contributed by atoms with van der Waals surface area (Å²) in [6.45, 7) is 5.79. The summed E-state index contributed by atoms with van der Waals surface area (Å²) >= 11 is 0. The van der Waals surface area contributed by atoms with Crippen LogP contribution in [0.1, 0.15) is 38.1 Å². The second-order valence-electron chi connectivity index (χ2n) is 6.28. The van der Waals surface area contributed by atoms with E-state index in [9.17, 15) is 4.21 Å². The fraction of sp³-hybridized carbons (Fsp3) is 0.294.